The van der Waals surface area contributed by atoms with Crippen LogP contribution in [0.25, 0.3) is 0 Å². The Hall–Kier alpha value is -0.900. The SMILES string of the molecule is CC1CCC2(CC1)CC(=O)N(CCCN(C)C)C(=O)C2. The molecule has 1 aliphatic carbocycles. The second-order valence-electron chi connectivity index (χ2n) is 7.13. The minimum absolute atomic E-state index is 0.00127. The minimum Gasteiger partial charge on any atom is -0.309 e. The van der Waals surface area contributed by atoms with Crippen molar-refractivity contribution in [1.82, 2.24) is 9.80 Å². The molecule has 1 saturated carbocycles. The molecule has 1 aliphatic heterocycles. The molecule has 4 heteroatoms. The van der Waals surface area contributed by atoms with Crippen molar-refractivity contribution in [2.75, 3.05) is 27.2 Å². The lowest BCUT2D eigenvalue weighted by atomic mass is 9.65. The molecule has 2 fully saturated rings. The lowest BCUT2D eigenvalue weighted by Crippen LogP contribution is -2.49. The fourth-order valence-corrected chi connectivity index (χ4v) is 3.56. The predicted octanol–water partition coefficient (Wildman–Crippen LogP) is 2.28. The van der Waals surface area contributed by atoms with E-state index in [0.29, 0.717) is 19.4 Å². The fourth-order valence-electron chi connectivity index (χ4n) is 3.56. The summed E-state index contributed by atoms with van der Waals surface area (Å²) < 4.78 is 0. The summed E-state index contributed by atoms with van der Waals surface area (Å²) in [7, 11) is 4.02. The van der Waals surface area contributed by atoms with Gasteiger partial charge in [-0.1, -0.05) is 19.8 Å². The molecule has 0 unspecified atom stereocenters. The smallest absolute Gasteiger partial charge is 0.229 e. The zero-order valence-electron chi connectivity index (χ0n) is 13.2. The number of hydrogen-bond donors (Lipinski definition) is 0. The van der Waals surface area contributed by atoms with E-state index >= 15 is 0 Å². The second kappa shape index (κ2) is 6.25. The van der Waals surface area contributed by atoms with Gasteiger partial charge in [-0.3, -0.25) is 14.5 Å². The van der Waals surface area contributed by atoms with Gasteiger partial charge in [0.2, 0.25) is 11.8 Å². The number of nitrogens with zero attached hydrogens (tertiary/aromatic N) is 2. The first-order valence-electron chi connectivity index (χ1n) is 7.90. The van der Waals surface area contributed by atoms with Gasteiger partial charge in [0.05, 0.1) is 0 Å². The molecule has 1 saturated heterocycles. The summed E-state index contributed by atoms with van der Waals surface area (Å²) >= 11 is 0. The van der Waals surface area contributed by atoms with Crippen LogP contribution in [-0.2, 0) is 9.59 Å². The molecule has 4 nitrogen and oxygen atoms in total. The van der Waals surface area contributed by atoms with Gasteiger partial charge in [-0.05, 0) is 51.2 Å². The molecule has 2 aliphatic rings. The van der Waals surface area contributed by atoms with Crippen LogP contribution in [0.2, 0.25) is 0 Å². The van der Waals surface area contributed by atoms with E-state index in [4.69, 9.17) is 0 Å². The van der Waals surface area contributed by atoms with E-state index < -0.39 is 0 Å². The summed E-state index contributed by atoms with van der Waals surface area (Å²) in [6.07, 6.45) is 6.49. The maximum Gasteiger partial charge on any atom is 0.229 e. The van der Waals surface area contributed by atoms with Crippen LogP contribution >= 0.6 is 0 Å². The number of hydrogen-bond acceptors (Lipinski definition) is 3. The van der Waals surface area contributed by atoms with Crippen LogP contribution < -0.4 is 0 Å². The lowest BCUT2D eigenvalue weighted by Gasteiger charge is -2.43. The van der Waals surface area contributed by atoms with E-state index in [1.165, 1.54) is 17.7 Å². The summed E-state index contributed by atoms with van der Waals surface area (Å²) in [6.45, 7) is 3.77. The molecule has 0 aromatic rings. The number of carbonyl (C=O) groups excluding carboxylic acids is 2. The first kappa shape index (κ1) is 15.5. The number of piperidine rings is 1. The Morgan fingerprint density at radius 1 is 1.15 bits per heavy atom. The van der Waals surface area contributed by atoms with Crippen LogP contribution in [-0.4, -0.2) is 48.8 Å². The van der Waals surface area contributed by atoms with E-state index in [9.17, 15) is 9.59 Å². The van der Waals surface area contributed by atoms with E-state index in [1.807, 2.05) is 14.1 Å². The summed E-state index contributed by atoms with van der Waals surface area (Å²) in [5.41, 5.74) is -0.00127. The maximum absolute atomic E-state index is 12.3. The van der Waals surface area contributed by atoms with Gasteiger partial charge in [0, 0.05) is 19.4 Å². The Labute approximate surface area is 122 Å². The van der Waals surface area contributed by atoms with Crippen molar-refractivity contribution in [3.63, 3.8) is 0 Å². The van der Waals surface area contributed by atoms with Crippen molar-refractivity contribution in [2.24, 2.45) is 11.3 Å². The van der Waals surface area contributed by atoms with Crippen molar-refractivity contribution >= 4 is 11.8 Å². The topological polar surface area (TPSA) is 40.6 Å². The zero-order chi connectivity index (χ0) is 14.8. The third-order valence-corrected chi connectivity index (χ3v) is 4.98. The molecular formula is C16H28N2O2. The molecule has 20 heavy (non-hydrogen) atoms. The van der Waals surface area contributed by atoms with Crippen LogP contribution in [0.4, 0.5) is 0 Å². The first-order valence-corrected chi connectivity index (χ1v) is 7.90. The number of imide groups is 1. The van der Waals surface area contributed by atoms with E-state index in [-0.39, 0.29) is 17.2 Å². The van der Waals surface area contributed by atoms with Gasteiger partial charge in [0.15, 0.2) is 0 Å². The summed E-state index contributed by atoms with van der Waals surface area (Å²) in [4.78, 5) is 28.2. The van der Waals surface area contributed by atoms with E-state index in [1.54, 1.807) is 0 Å². The molecule has 0 aromatic heterocycles. The van der Waals surface area contributed by atoms with Gasteiger partial charge in [-0.2, -0.15) is 0 Å². The highest BCUT2D eigenvalue weighted by Crippen LogP contribution is 2.46. The molecular weight excluding hydrogens is 252 g/mol. The first-order chi connectivity index (χ1) is 9.42. The highest BCUT2D eigenvalue weighted by Gasteiger charge is 2.44. The van der Waals surface area contributed by atoms with Crippen molar-refractivity contribution in [2.45, 2.75) is 51.9 Å². The largest absolute Gasteiger partial charge is 0.309 e. The third-order valence-electron chi connectivity index (χ3n) is 4.98. The van der Waals surface area contributed by atoms with E-state index in [2.05, 4.69) is 11.8 Å². The molecule has 0 radical (unpaired) electrons. The fraction of sp³-hybridized carbons (Fsp3) is 0.875. The highest BCUT2D eigenvalue weighted by atomic mass is 16.2. The Kier molecular flexibility index (Phi) is 4.84. The van der Waals surface area contributed by atoms with Crippen LogP contribution in [0.1, 0.15) is 51.9 Å². The quantitative estimate of drug-likeness (QED) is 0.742. The van der Waals surface area contributed by atoms with Crippen molar-refractivity contribution in [3.8, 4) is 0 Å². The molecule has 114 valence electrons. The Bertz CT molecular complexity index is 351. The molecule has 1 heterocycles. The predicted molar refractivity (Wildman–Crippen MR) is 79.2 cm³/mol. The summed E-state index contributed by atoms with van der Waals surface area (Å²) in [6, 6.07) is 0. The number of rotatable bonds is 4. The molecule has 1 spiro atoms. The maximum atomic E-state index is 12.3. The molecule has 0 N–H and O–H groups in total. The average molecular weight is 280 g/mol. The van der Waals surface area contributed by atoms with Crippen LogP contribution in [0.5, 0.6) is 0 Å². The summed E-state index contributed by atoms with van der Waals surface area (Å²) in [5.74, 6) is 0.882. The van der Waals surface area contributed by atoms with Crippen molar-refractivity contribution < 1.29 is 9.59 Å². The summed E-state index contributed by atoms with van der Waals surface area (Å²) in [5, 5.41) is 0. The Morgan fingerprint density at radius 3 is 2.20 bits per heavy atom. The monoisotopic (exact) mass is 280 g/mol. The van der Waals surface area contributed by atoms with Crippen LogP contribution in [0.3, 0.4) is 0 Å². The van der Waals surface area contributed by atoms with Crippen LogP contribution in [0.15, 0.2) is 0 Å². The zero-order valence-corrected chi connectivity index (χ0v) is 13.2. The van der Waals surface area contributed by atoms with Gasteiger partial charge in [0.1, 0.15) is 0 Å². The number of likely N-dealkylation sites (tertiary alicyclic amines) is 1. The van der Waals surface area contributed by atoms with Crippen molar-refractivity contribution in [1.29, 1.82) is 0 Å². The van der Waals surface area contributed by atoms with Gasteiger partial charge in [-0.15, -0.1) is 0 Å². The molecule has 2 amide bonds. The number of carbonyl (C=O) groups is 2. The van der Waals surface area contributed by atoms with E-state index in [0.717, 1.165) is 31.7 Å². The third kappa shape index (κ3) is 3.60. The minimum atomic E-state index is -0.00127. The standard InChI is InChI=1S/C16H28N2O2/c1-13-5-7-16(8-6-13)11-14(19)18(15(20)12-16)10-4-9-17(2)3/h13H,4-12H2,1-3H3. The van der Waals surface area contributed by atoms with Crippen LogP contribution in [0, 0.1) is 11.3 Å². The van der Waals surface area contributed by atoms with Crippen molar-refractivity contribution in [3.05, 3.63) is 0 Å². The van der Waals surface area contributed by atoms with Gasteiger partial charge < -0.3 is 4.90 Å². The molecule has 0 aromatic carbocycles. The Balaban J connectivity index is 1.91. The second-order valence-corrected chi connectivity index (χ2v) is 7.13. The molecule has 0 atom stereocenters. The highest BCUT2D eigenvalue weighted by molar-refractivity contribution is 5.98. The molecule has 0 bridgehead atoms. The number of amides is 2. The molecule has 2 rings (SSSR count). The average Bonchev–Trinajstić information content (AvgIpc) is 2.36. The normalized spacial score (nSPS) is 23.9. The van der Waals surface area contributed by atoms with Gasteiger partial charge >= 0.3 is 0 Å². The Morgan fingerprint density at radius 2 is 1.70 bits per heavy atom. The lowest BCUT2D eigenvalue weighted by molar-refractivity contribution is -0.155. The van der Waals surface area contributed by atoms with Gasteiger partial charge in [-0.25, -0.2) is 0 Å². The van der Waals surface area contributed by atoms with Gasteiger partial charge in [0.25, 0.3) is 0 Å².